The van der Waals surface area contributed by atoms with Crippen molar-refractivity contribution in [2.24, 2.45) is 5.41 Å². The molecule has 3 nitrogen and oxygen atoms in total. The molecule has 0 amide bonds. The Kier molecular flexibility index (Phi) is 12.2. The molecule has 4 heteroatoms. The van der Waals surface area contributed by atoms with Crippen molar-refractivity contribution in [1.82, 2.24) is 0 Å². The second-order valence-electron chi connectivity index (χ2n) is 28.2. The summed E-state index contributed by atoms with van der Waals surface area (Å²) < 4.78 is 0. The fraction of sp³-hybridized carbons (Fsp3) is 0.299. The zero-order chi connectivity index (χ0) is 56.6. The van der Waals surface area contributed by atoms with Crippen LogP contribution in [0.5, 0.6) is 0 Å². The van der Waals surface area contributed by atoms with E-state index in [1.807, 2.05) is 0 Å². The second-order valence-corrected chi connectivity index (χ2v) is 28.2. The first-order valence-corrected chi connectivity index (χ1v) is 30.0. The lowest BCUT2D eigenvalue weighted by Crippen LogP contribution is -2.67. The lowest BCUT2D eigenvalue weighted by atomic mass is 9.33. The summed E-state index contributed by atoms with van der Waals surface area (Å²) >= 11 is 0. The minimum atomic E-state index is -0.213. The van der Waals surface area contributed by atoms with Crippen molar-refractivity contribution in [2.45, 2.75) is 143 Å². The molecule has 9 aromatic carbocycles. The van der Waals surface area contributed by atoms with Crippen LogP contribution in [0.3, 0.4) is 0 Å². The van der Waals surface area contributed by atoms with Crippen LogP contribution in [0.4, 0.5) is 45.5 Å². The molecule has 1 fully saturated rings. The van der Waals surface area contributed by atoms with E-state index >= 15 is 0 Å². The molecule has 0 saturated heterocycles. The molecule has 1 aliphatic carbocycles. The van der Waals surface area contributed by atoms with Gasteiger partial charge in [0.2, 0.25) is 0 Å². The molecule has 0 spiro atoms. The fourth-order valence-corrected chi connectivity index (χ4v) is 15.0. The average molecular weight is 1060 g/mol. The summed E-state index contributed by atoms with van der Waals surface area (Å²) in [6.45, 7) is 31.4. The standard InChI is InChI=1S/C77H80BN3/c1-72(2,3)55-37-41-64(59(46-55)52-29-19-15-20-30-52)79-67-40-35-54(51-27-17-14-18-28-51)45-63(67)78-62-39-36-57(74(7,8)9)48-68(62)80(65-42-38-56(73(4,5)6)47-60(65)53-31-21-16-22-32-53)70-50-58(49-69(79)71(70)78)81-66-34-24-23-33-61(66)75(10,11)76(12)43-25-26-44-77(76,81)13/h14-24,27-42,45-50H,25-26,43-44H2,1-13H3. The van der Waals surface area contributed by atoms with Crippen molar-refractivity contribution in [2.75, 3.05) is 14.7 Å². The summed E-state index contributed by atoms with van der Waals surface area (Å²) in [6, 6.07) is 77.6. The van der Waals surface area contributed by atoms with Gasteiger partial charge in [-0.2, -0.15) is 0 Å². The number of rotatable bonds is 6. The van der Waals surface area contributed by atoms with Gasteiger partial charge in [-0.15, -0.1) is 0 Å². The van der Waals surface area contributed by atoms with E-state index in [0.717, 1.165) is 6.42 Å². The Morgan fingerprint density at radius 2 is 0.840 bits per heavy atom. The molecule has 13 rings (SSSR count). The topological polar surface area (TPSA) is 9.72 Å². The maximum absolute atomic E-state index is 2.85. The van der Waals surface area contributed by atoms with Crippen LogP contribution >= 0.6 is 0 Å². The molecular weight excluding hydrogens is 978 g/mol. The van der Waals surface area contributed by atoms with E-state index in [-0.39, 0.29) is 39.3 Å². The molecule has 406 valence electrons. The van der Waals surface area contributed by atoms with Gasteiger partial charge in [-0.05, 0) is 157 Å². The van der Waals surface area contributed by atoms with E-state index in [0.29, 0.717) is 0 Å². The highest BCUT2D eigenvalue weighted by atomic mass is 15.3. The van der Waals surface area contributed by atoms with Gasteiger partial charge in [0.15, 0.2) is 0 Å². The first-order chi connectivity index (χ1) is 38.6. The van der Waals surface area contributed by atoms with E-state index in [4.69, 9.17) is 0 Å². The van der Waals surface area contributed by atoms with E-state index in [1.165, 1.54) is 137 Å². The zero-order valence-electron chi connectivity index (χ0n) is 50.3. The largest absolute Gasteiger partial charge is 0.335 e. The molecule has 2 atom stereocenters. The molecule has 81 heavy (non-hydrogen) atoms. The fourth-order valence-electron chi connectivity index (χ4n) is 15.0. The molecule has 2 unspecified atom stereocenters. The van der Waals surface area contributed by atoms with E-state index in [2.05, 4.69) is 305 Å². The average Bonchev–Trinajstić information content (AvgIpc) is 2.16. The van der Waals surface area contributed by atoms with Crippen molar-refractivity contribution < 1.29 is 0 Å². The summed E-state index contributed by atoms with van der Waals surface area (Å²) in [5, 5.41) is 0. The third-order valence-corrected chi connectivity index (χ3v) is 20.1. The number of para-hydroxylation sites is 1. The third-order valence-electron chi connectivity index (χ3n) is 20.1. The normalized spacial score (nSPS) is 19.1. The van der Waals surface area contributed by atoms with Gasteiger partial charge in [0.1, 0.15) is 0 Å². The van der Waals surface area contributed by atoms with Gasteiger partial charge in [-0.25, -0.2) is 0 Å². The van der Waals surface area contributed by atoms with E-state index in [1.54, 1.807) is 0 Å². The highest BCUT2D eigenvalue weighted by Gasteiger charge is 2.62. The smallest absolute Gasteiger partial charge is 0.252 e. The van der Waals surface area contributed by atoms with Crippen LogP contribution in [0, 0.1) is 5.41 Å². The molecule has 0 aromatic heterocycles. The summed E-state index contributed by atoms with van der Waals surface area (Å²) in [7, 11) is 0. The Bertz CT molecular complexity index is 3910. The maximum Gasteiger partial charge on any atom is 0.252 e. The molecule has 3 aliphatic heterocycles. The summed E-state index contributed by atoms with van der Waals surface area (Å²) in [4.78, 5) is 8.25. The molecule has 0 N–H and O–H groups in total. The molecule has 0 radical (unpaired) electrons. The number of fused-ring (bicyclic) bond motifs is 6. The van der Waals surface area contributed by atoms with Crippen LogP contribution in [0.25, 0.3) is 33.4 Å². The van der Waals surface area contributed by atoms with Crippen molar-refractivity contribution >= 4 is 68.6 Å². The summed E-state index contributed by atoms with van der Waals surface area (Å²) in [6.07, 6.45) is 4.70. The highest BCUT2D eigenvalue weighted by molar-refractivity contribution is 7.00. The first kappa shape index (κ1) is 52.8. The molecule has 9 aromatic rings. The monoisotopic (exact) mass is 1060 g/mol. The molecular formula is C77H80BN3. The third kappa shape index (κ3) is 8.27. The van der Waals surface area contributed by atoms with Gasteiger partial charge in [0.05, 0.1) is 11.4 Å². The minimum Gasteiger partial charge on any atom is -0.335 e. The Morgan fingerprint density at radius 3 is 1.40 bits per heavy atom. The van der Waals surface area contributed by atoms with Crippen LogP contribution in [-0.2, 0) is 21.7 Å². The van der Waals surface area contributed by atoms with Gasteiger partial charge in [-0.1, -0.05) is 242 Å². The Balaban J connectivity index is 1.22. The van der Waals surface area contributed by atoms with Gasteiger partial charge in [-0.3, -0.25) is 0 Å². The summed E-state index contributed by atoms with van der Waals surface area (Å²) in [5.74, 6) is 0. The Hall–Kier alpha value is -7.56. The van der Waals surface area contributed by atoms with Gasteiger partial charge in [0.25, 0.3) is 6.71 Å². The van der Waals surface area contributed by atoms with Gasteiger partial charge < -0.3 is 14.7 Å². The molecule has 1 saturated carbocycles. The molecule has 3 heterocycles. The number of benzene rings is 9. The summed E-state index contributed by atoms with van der Waals surface area (Å²) in [5.41, 5.74) is 25.9. The van der Waals surface area contributed by atoms with Crippen molar-refractivity contribution in [3.05, 3.63) is 222 Å². The maximum atomic E-state index is 2.85. The molecule has 4 aliphatic rings. The molecule has 0 bridgehead atoms. The second kappa shape index (κ2) is 18.7. The lowest BCUT2D eigenvalue weighted by Gasteiger charge is -2.66. The SMILES string of the molecule is CC(C)(C)c1ccc(N2c3ccc(-c4ccccc4)cc3B3c4ccc(C(C)(C)C)cc4N(c4ccc(C(C)(C)C)cc4-c4ccccc4)c4cc(N5c6ccccc6C(C)(C)C6(C)CCCCC56C)cc2c43)c(-c2ccccc2)c1. The predicted molar refractivity (Wildman–Crippen MR) is 349 cm³/mol. The number of nitrogens with zero attached hydrogens (tertiary/aromatic N) is 3. The minimum absolute atomic E-state index is 0.0389. The van der Waals surface area contributed by atoms with Crippen LogP contribution in [-0.4, -0.2) is 12.3 Å². The lowest BCUT2D eigenvalue weighted by molar-refractivity contribution is 0.0106. The number of hydrogen-bond donors (Lipinski definition) is 0. The van der Waals surface area contributed by atoms with E-state index in [9.17, 15) is 0 Å². The van der Waals surface area contributed by atoms with Gasteiger partial charge >= 0.3 is 0 Å². The quantitative estimate of drug-likeness (QED) is 0.154. The van der Waals surface area contributed by atoms with Crippen molar-refractivity contribution in [3.63, 3.8) is 0 Å². The van der Waals surface area contributed by atoms with Crippen LogP contribution in [0.2, 0.25) is 0 Å². The van der Waals surface area contributed by atoms with Crippen molar-refractivity contribution in [1.29, 1.82) is 0 Å². The van der Waals surface area contributed by atoms with Crippen molar-refractivity contribution in [3.8, 4) is 33.4 Å². The van der Waals surface area contributed by atoms with Crippen LogP contribution in [0.15, 0.2) is 200 Å². The number of anilines is 8. The Morgan fingerprint density at radius 1 is 0.370 bits per heavy atom. The number of hydrogen-bond acceptors (Lipinski definition) is 3. The Labute approximate surface area is 484 Å². The van der Waals surface area contributed by atoms with Crippen LogP contribution in [0.1, 0.15) is 138 Å². The highest BCUT2D eigenvalue weighted by Crippen LogP contribution is 2.66. The van der Waals surface area contributed by atoms with E-state index < -0.39 is 0 Å². The zero-order valence-corrected chi connectivity index (χ0v) is 50.3. The van der Waals surface area contributed by atoms with Crippen LogP contribution < -0.4 is 31.1 Å². The van der Waals surface area contributed by atoms with Gasteiger partial charge in [0, 0.05) is 56.2 Å². The predicted octanol–water partition coefficient (Wildman–Crippen LogP) is 19.4. The first-order valence-electron chi connectivity index (χ1n) is 30.0.